The lowest BCUT2D eigenvalue weighted by Gasteiger charge is -2.40. The zero-order valence-corrected chi connectivity index (χ0v) is 20.3. The van der Waals surface area contributed by atoms with Gasteiger partial charge in [0, 0.05) is 4.90 Å². The molecule has 5 nitrogen and oxygen atoms in total. The van der Waals surface area contributed by atoms with E-state index < -0.39 is 0 Å². The Kier molecular flexibility index (Phi) is 5.80. The second-order valence-corrected chi connectivity index (χ2v) is 10.4. The minimum atomic E-state index is -0.142. The molecule has 1 aliphatic carbocycles. The first-order valence-electron chi connectivity index (χ1n) is 11.3. The van der Waals surface area contributed by atoms with Gasteiger partial charge < -0.3 is 4.90 Å². The molecule has 1 aliphatic heterocycles. The van der Waals surface area contributed by atoms with Gasteiger partial charge in [0.1, 0.15) is 0 Å². The van der Waals surface area contributed by atoms with Crippen LogP contribution in [-0.2, 0) is 4.79 Å². The van der Waals surface area contributed by atoms with E-state index in [0.29, 0.717) is 16.1 Å². The van der Waals surface area contributed by atoms with Crippen LogP contribution in [0.4, 0.5) is 5.69 Å². The van der Waals surface area contributed by atoms with Crippen LogP contribution in [0.15, 0.2) is 118 Å². The van der Waals surface area contributed by atoms with Crippen molar-refractivity contribution in [3.63, 3.8) is 0 Å². The van der Waals surface area contributed by atoms with Crippen LogP contribution in [0.2, 0.25) is 0 Å². The number of rotatable bonds is 4. The average molecular weight is 496 g/mol. The normalized spacial score (nSPS) is 18.3. The zero-order valence-electron chi connectivity index (χ0n) is 18.7. The molecule has 3 aromatic carbocycles. The Labute approximate surface area is 211 Å². The van der Waals surface area contributed by atoms with E-state index in [-0.39, 0.29) is 28.5 Å². The van der Waals surface area contributed by atoms with Crippen molar-refractivity contribution in [3.05, 3.63) is 114 Å². The van der Waals surface area contributed by atoms with Gasteiger partial charge in [0.2, 0.25) is 5.91 Å². The maximum Gasteiger partial charge on any atom is 0.266 e. The predicted octanol–water partition coefficient (Wildman–Crippen LogP) is 5.48. The van der Waals surface area contributed by atoms with Crippen molar-refractivity contribution < 1.29 is 4.79 Å². The molecule has 1 amide bonds. The van der Waals surface area contributed by atoms with Gasteiger partial charge >= 0.3 is 0 Å². The van der Waals surface area contributed by atoms with Gasteiger partial charge in [-0.25, -0.2) is 4.98 Å². The van der Waals surface area contributed by atoms with Crippen molar-refractivity contribution in [2.75, 3.05) is 10.7 Å². The first-order chi connectivity index (χ1) is 17.2. The number of benzene rings is 3. The highest BCUT2D eigenvalue weighted by Gasteiger charge is 2.36. The third kappa shape index (κ3) is 4.00. The number of carbonyl (C=O) groups excluding carboxylic acids is 1. The molecule has 0 unspecified atom stereocenters. The highest BCUT2D eigenvalue weighted by atomic mass is 32.2. The molecule has 0 saturated heterocycles. The van der Waals surface area contributed by atoms with Crippen molar-refractivity contribution in [2.45, 2.75) is 21.3 Å². The molecule has 6 rings (SSSR count). The Morgan fingerprint density at radius 2 is 1.66 bits per heavy atom. The van der Waals surface area contributed by atoms with Crippen LogP contribution in [-0.4, -0.2) is 32.5 Å². The Morgan fingerprint density at radius 3 is 2.54 bits per heavy atom. The summed E-state index contributed by atoms with van der Waals surface area (Å²) in [6, 6.07) is 24.8. The van der Waals surface area contributed by atoms with Crippen molar-refractivity contribution in [1.82, 2.24) is 9.55 Å². The van der Waals surface area contributed by atoms with Gasteiger partial charge in [0.05, 0.1) is 39.3 Å². The van der Waals surface area contributed by atoms with Crippen LogP contribution in [0.3, 0.4) is 0 Å². The number of thioether (sulfide) groups is 2. The average Bonchev–Trinajstić information content (AvgIpc) is 2.91. The van der Waals surface area contributed by atoms with Gasteiger partial charge in [-0.15, -0.1) is 11.8 Å². The fourth-order valence-electron chi connectivity index (χ4n) is 4.49. The number of allylic oxidation sites excluding steroid dienone is 2. The van der Waals surface area contributed by atoms with E-state index in [1.165, 1.54) is 11.8 Å². The number of nitrogens with zero attached hydrogens (tertiary/aromatic N) is 3. The fourth-order valence-corrected chi connectivity index (χ4v) is 6.62. The maximum atomic E-state index is 13.7. The summed E-state index contributed by atoms with van der Waals surface area (Å²) in [5.74, 6) is 0.150. The summed E-state index contributed by atoms with van der Waals surface area (Å²) < 4.78 is 1.60. The van der Waals surface area contributed by atoms with E-state index >= 15 is 0 Å². The van der Waals surface area contributed by atoms with Crippen LogP contribution in [0.5, 0.6) is 0 Å². The van der Waals surface area contributed by atoms with Crippen LogP contribution in [0, 0.1) is 0 Å². The standard InChI is InChI=1S/C28H21N3O2S2/c32-26(31-22-14-6-8-16-24(22)35-25-17-9-7-15-23(25)31)18-34-28-29-21-13-5-4-12-20(21)27(33)30(28)19-10-2-1-3-11-19/h1-17,22,24H,18H2/t22-,24-/m0/s1. The van der Waals surface area contributed by atoms with Crippen molar-refractivity contribution >= 4 is 46.0 Å². The van der Waals surface area contributed by atoms with Crippen molar-refractivity contribution in [1.29, 1.82) is 0 Å². The molecule has 2 heterocycles. The van der Waals surface area contributed by atoms with Gasteiger partial charge in [-0.3, -0.25) is 14.2 Å². The molecular formula is C28H21N3O2S2. The molecule has 0 bridgehead atoms. The van der Waals surface area contributed by atoms with E-state index in [9.17, 15) is 9.59 Å². The summed E-state index contributed by atoms with van der Waals surface area (Å²) in [4.78, 5) is 34.9. The van der Waals surface area contributed by atoms with Crippen LogP contribution >= 0.6 is 23.5 Å². The van der Waals surface area contributed by atoms with Gasteiger partial charge in [0.25, 0.3) is 5.56 Å². The second kappa shape index (κ2) is 9.24. The summed E-state index contributed by atoms with van der Waals surface area (Å²) in [5, 5.41) is 1.23. The molecule has 172 valence electrons. The lowest BCUT2D eigenvalue weighted by Crippen LogP contribution is -2.48. The molecule has 7 heteroatoms. The summed E-state index contributed by atoms with van der Waals surface area (Å²) in [5.41, 5.74) is 2.14. The molecule has 0 N–H and O–H groups in total. The van der Waals surface area contributed by atoms with Gasteiger partial charge in [-0.1, -0.05) is 78.5 Å². The Bertz CT molecular complexity index is 1550. The molecule has 2 aliphatic rings. The minimum absolute atomic E-state index is 0.0141. The van der Waals surface area contributed by atoms with E-state index in [0.717, 1.165) is 16.3 Å². The number of amides is 1. The van der Waals surface area contributed by atoms with Gasteiger partial charge in [0.15, 0.2) is 5.16 Å². The Balaban J connectivity index is 1.37. The number of anilines is 1. The lowest BCUT2D eigenvalue weighted by atomic mass is 10.0. The lowest BCUT2D eigenvalue weighted by molar-refractivity contribution is -0.116. The van der Waals surface area contributed by atoms with E-state index in [4.69, 9.17) is 4.98 Å². The van der Waals surface area contributed by atoms with Crippen molar-refractivity contribution in [3.8, 4) is 5.69 Å². The molecule has 1 aromatic heterocycles. The Morgan fingerprint density at radius 1 is 0.914 bits per heavy atom. The summed E-state index contributed by atoms with van der Waals surface area (Å²) in [7, 11) is 0. The number of para-hydroxylation sites is 3. The molecule has 4 aromatic rings. The molecule has 0 radical (unpaired) electrons. The molecule has 35 heavy (non-hydrogen) atoms. The van der Waals surface area contributed by atoms with Crippen LogP contribution in [0.1, 0.15) is 0 Å². The quantitative estimate of drug-likeness (QED) is 0.277. The van der Waals surface area contributed by atoms with E-state index in [2.05, 4.69) is 18.2 Å². The number of hydrogen-bond acceptors (Lipinski definition) is 5. The summed E-state index contributed by atoms with van der Waals surface area (Å²) in [6.45, 7) is 0. The van der Waals surface area contributed by atoms with Gasteiger partial charge in [-0.05, 0) is 36.4 Å². The van der Waals surface area contributed by atoms with Crippen LogP contribution < -0.4 is 10.5 Å². The maximum absolute atomic E-state index is 13.7. The van der Waals surface area contributed by atoms with Gasteiger partial charge in [-0.2, -0.15) is 0 Å². The second-order valence-electron chi connectivity index (χ2n) is 8.25. The molecule has 0 saturated carbocycles. The van der Waals surface area contributed by atoms with Crippen molar-refractivity contribution in [2.24, 2.45) is 0 Å². The highest BCUT2D eigenvalue weighted by molar-refractivity contribution is 8.00. The summed E-state index contributed by atoms with van der Waals surface area (Å²) in [6.07, 6.45) is 8.28. The van der Waals surface area contributed by atoms with E-state index in [1.54, 1.807) is 22.4 Å². The predicted molar refractivity (Wildman–Crippen MR) is 144 cm³/mol. The smallest absolute Gasteiger partial charge is 0.266 e. The number of carbonyl (C=O) groups is 1. The number of hydrogen-bond donors (Lipinski definition) is 0. The molecule has 2 atom stereocenters. The molecule has 0 spiro atoms. The third-order valence-corrected chi connectivity index (χ3v) is 8.33. The monoisotopic (exact) mass is 495 g/mol. The van der Waals surface area contributed by atoms with Crippen LogP contribution in [0.25, 0.3) is 16.6 Å². The molecule has 0 fully saturated rings. The highest BCUT2D eigenvalue weighted by Crippen LogP contribution is 2.43. The largest absolute Gasteiger partial charge is 0.302 e. The first kappa shape index (κ1) is 21.9. The summed E-state index contributed by atoms with van der Waals surface area (Å²) >= 11 is 3.08. The first-order valence-corrected chi connectivity index (χ1v) is 13.2. The Hall–Kier alpha value is -3.55. The molecular weight excluding hydrogens is 474 g/mol. The minimum Gasteiger partial charge on any atom is -0.302 e. The SMILES string of the molecule is O=C(CSc1nc2ccccc2c(=O)n1-c1ccccc1)N1c2ccccc2S[C@H]2C=CC=C[C@@H]21. The number of fused-ring (bicyclic) bond motifs is 3. The zero-order chi connectivity index (χ0) is 23.8. The van der Waals surface area contributed by atoms with E-state index in [1.807, 2.05) is 83.8 Å². The fraction of sp³-hybridized carbons (Fsp3) is 0.107. The number of aromatic nitrogens is 2. The topological polar surface area (TPSA) is 55.2 Å². The third-order valence-electron chi connectivity index (χ3n) is 6.10.